The van der Waals surface area contributed by atoms with Crippen molar-refractivity contribution in [3.63, 3.8) is 0 Å². The Bertz CT molecular complexity index is 288. The predicted octanol–water partition coefficient (Wildman–Crippen LogP) is 0.796. The highest BCUT2D eigenvalue weighted by molar-refractivity contribution is 5.80. The molecule has 0 heterocycles. The van der Waals surface area contributed by atoms with Gasteiger partial charge in [0.2, 0.25) is 11.8 Å². The van der Waals surface area contributed by atoms with Crippen LogP contribution in [0, 0.1) is 0 Å². The van der Waals surface area contributed by atoms with E-state index in [1.165, 1.54) is 0 Å². The van der Waals surface area contributed by atoms with Crippen molar-refractivity contribution in [2.24, 2.45) is 0 Å². The smallest absolute Gasteiger partial charge is 0.233 e. The summed E-state index contributed by atoms with van der Waals surface area (Å²) >= 11 is 0. The Morgan fingerprint density at radius 1 is 0.889 bits per heavy atom. The zero-order chi connectivity index (χ0) is 14.4. The number of amides is 2. The molecular formula is C13H27N3O2. The van der Waals surface area contributed by atoms with Crippen LogP contribution in [0.25, 0.3) is 0 Å². The number of carbonyl (C=O) groups is 2. The van der Waals surface area contributed by atoms with Crippen molar-refractivity contribution in [1.82, 2.24) is 16.0 Å². The number of carbonyl (C=O) groups excluding carboxylic acids is 2. The second-order valence-corrected chi connectivity index (χ2v) is 6.50. The van der Waals surface area contributed by atoms with Gasteiger partial charge in [-0.2, -0.15) is 0 Å². The molecule has 18 heavy (non-hydrogen) atoms. The molecule has 0 saturated carbocycles. The fourth-order valence-electron chi connectivity index (χ4n) is 1.20. The third-order valence-corrected chi connectivity index (χ3v) is 1.97. The highest BCUT2D eigenvalue weighted by Gasteiger charge is 2.14. The first-order chi connectivity index (χ1) is 7.99. The van der Waals surface area contributed by atoms with Crippen LogP contribution < -0.4 is 16.0 Å². The van der Waals surface area contributed by atoms with E-state index in [2.05, 4.69) is 16.0 Å². The Labute approximate surface area is 110 Å². The summed E-state index contributed by atoms with van der Waals surface area (Å²) in [6.07, 6.45) is 0.304. The normalized spacial score (nSPS) is 12.1. The molecule has 0 aliphatic carbocycles. The lowest BCUT2D eigenvalue weighted by Gasteiger charge is -2.21. The minimum atomic E-state index is -0.227. The summed E-state index contributed by atoms with van der Waals surface area (Å²) in [6.45, 7) is 12.4. The SMILES string of the molecule is CC(C)(C)NCC(=O)NCCC(=O)NC(C)(C)C. The first kappa shape index (κ1) is 16.9. The lowest BCUT2D eigenvalue weighted by molar-refractivity contribution is -0.123. The molecule has 0 aromatic heterocycles. The Morgan fingerprint density at radius 3 is 1.89 bits per heavy atom. The number of nitrogens with one attached hydrogen (secondary N) is 3. The lowest BCUT2D eigenvalue weighted by atomic mass is 10.1. The zero-order valence-corrected chi connectivity index (χ0v) is 12.4. The van der Waals surface area contributed by atoms with Gasteiger partial charge in [0, 0.05) is 24.0 Å². The lowest BCUT2D eigenvalue weighted by Crippen LogP contribution is -2.45. The molecule has 106 valence electrons. The van der Waals surface area contributed by atoms with Crippen LogP contribution in [0.3, 0.4) is 0 Å². The number of hydrogen-bond donors (Lipinski definition) is 3. The highest BCUT2D eigenvalue weighted by Crippen LogP contribution is 1.99. The third kappa shape index (κ3) is 11.4. The second kappa shape index (κ2) is 6.73. The predicted molar refractivity (Wildman–Crippen MR) is 73.3 cm³/mol. The van der Waals surface area contributed by atoms with Crippen molar-refractivity contribution in [2.45, 2.75) is 59.0 Å². The molecule has 0 aliphatic rings. The average Bonchev–Trinajstić information content (AvgIpc) is 2.10. The Kier molecular flexibility index (Phi) is 6.32. The van der Waals surface area contributed by atoms with E-state index in [4.69, 9.17) is 0 Å². The molecule has 5 nitrogen and oxygen atoms in total. The van der Waals surface area contributed by atoms with Gasteiger partial charge in [0.15, 0.2) is 0 Å². The Hall–Kier alpha value is -1.10. The van der Waals surface area contributed by atoms with Crippen molar-refractivity contribution in [3.8, 4) is 0 Å². The van der Waals surface area contributed by atoms with Crippen LogP contribution in [0.4, 0.5) is 0 Å². The van der Waals surface area contributed by atoms with E-state index in [9.17, 15) is 9.59 Å². The fraction of sp³-hybridized carbons (Fsp3) is 0.846. The van der Waals surface area contributed by atoms with Crippen LogP contribution in [0.15, 0.2) is 0 Å². The summed E-state index contributed by atoms with van der Waals surface area (Å²) in [5.74, 6) is -0.139. The van der Waals surface area contributed by atoms with Gasteiger partial charge in [0.1, 0.15) is 0 Å². The van der Waals surface area contributed by atoms with Crippen molar-refractivity contribution in [3.05, 3.63) is 0 Å². The summed E-state index contributed by atoms with van der Waals surface area (Å²) in [4.78, 5) is 22.9. The van der Waals surface area contributed by atoms with E-state index in [-0.39, 0.29) is 29.4 Å². The van der Waals surface area contributed by atoms with Crippen LogP contribution >= 0.6 is 0 Å². The molecule has 0 radical (unpaired) electrons. The Balaban J connectivity index is 3.72. The maximum atomic E-state index is 11.5. The van der Waals surface area contributed by atoms with E-state index < -0.39 is 0 Å². The summed E-state index contributed by atoms with van der Waals surface area (Å²) < 4.78 is 0. The first-order valence-corrected chi connectivity index (χ1v) is 6.32. The van der Waals surface area contributed by atoms with Gasteiger partial charge in [-0.05, 0) is 41.5 Å². The van der Waals surface area contributed by atoms with E-state index >= 15 is 0 Å². The van der Waals surface area contributed by atoms with Crippen molar-refractivity contribution >= 4 is 11.8 Å². The van der Waals surface area contributed by atoms with Gasteiger partial charge in [0.25, 0.3) is 0 Å². The van der Waals surface area contributed by atoms with Crippen molar-refractivity contribution in [2.75, 3.05) is 13.1 Å². The maximum absolute atomic E-state index is 11.5. The molecule has 5 heteroatoms. The van der Waals surface area contributed by atoms with Crippen molar-refractivity contribution < 1.29 is 9.59 Å². The standard InChI is InChI=1S/C13H27N3O2/c1-12(2,3)15-9-11(18)14-8-7-10(17)16-13(4,5)6/h15H,7-9H2,1-6H3,(H,14,18)(H,16,17). The van der Waals surface area contributed by atoms with Crippen LogP contribution in [-0.2, 0) is 9.59 Å². The van der Waals surface area contributed by atoms with Gasteiger partial charge in [-0.1, -0.05) is 0 Å². The van der Waals surface area contributed by atoms with Crippen LogP contribution in [0.1, 0.15) is 48.0 Å². The van der Waals surface area contributed by atoms with E-state index in [1.807, 2.05) is 41.5 Å². The summed E-state index contributed by atoms with van der Waals surface area (Å²) in [7, 11) is 0. The molecule has 0 aromatic rings. The van der Waals surface area contributed by atoms with Gasteiger partial charge < -0.3 is 16.0 Å². The molecular weight excluding hydrogens is 230 g/mol. The largest absolute Gasteiger partial charge is 0.354 e. The quantitative estimate of drug-likeness (QED) is 0.682. The molecule has 0 spiro atoms. The number of hydrogen-bond acceptors (Lipinski definition) is 3. The van der Waals surface area contributed by atoms with E-state index in [1.54, 1.807) is 0 Å². The highest BCUT2D eigenvalue weighted by atomic mass is 16.2. The fourth-order valence-corrected chi connectivity index (χ4v) is 1.20. The first-order valence-electron chi connectivity index (χ1n) is 6.32. The van der Waals surface area contributed by atoms with E-state index in [0.717, 1.165) is 0 Å². The molecule has 0 rings (SSSR count). The van der Waals surface area contributed by atoms with Crippen molar-refractivity contribution in [1.29, 1.82) is 0 Å². The maximum Gasteiger partial charge on any atom is 0.233 e. The van der Waals surface area contributed by atoms with E-state index in [0.29, 0.717) is 13.0 Å². The molecule has 0 saturated heterocycles. The van der Waals surface area contributed by atoms with Crippen LogP contribution in [0.2, 0.25) is 0 Å². The molecule has 2 amide bonds. The van der Waals surface area contributed by atoms with Crippen LogP contribution in [-0.4, -0.2) is 36.0 Å². The van der Waals surface area contributed by atoms with Gasteiger partial charge in [-0.25, -0.2) is 0 Å². The third-order valence-electron chi connectivity index (χ3n) is 1.97. The van der Waals surface area contributed by atoms with Gasteiger partial charge in [0.05, 0.1) is 6.54 Å². The minimum Gasteiger partial charge on any atom is -0.354 e. The van der Waals surface area contributed by atoms with Gasteiger partial charge in [-0.15, -0.1) is 0 Å². The average molecular weight is 257 g/mol. The van der Waals surface area contributed by atoms with Gasteiger partial charge in [-0.3, -0.25) is 9.59 Å². The zero-order valence-electron chi connectivity index (χ0n) is 12.4. The monoisotopic (exact) mass is 257 g/mol. The Morgan fingerprint density at radius 2 is 1.44 bits per heavy atom. The molecule has 0 bridgehead atoms. The number of rotatable bonds is 5. The molecule has 0 atom stereocenters. The topological polar surface area (TPSA) is 70.2 Å². The minimum absolute atomic E-state index is 0.0495. The molecule has 0 aromatic carbocycles. The molecule has 0 fully saturated rings. The summed E-state index contributed by atoms with van der Waals surface area (Å²) in [6, 6.07) is 0. The molecule has 3 N–H and O–H groups in total. The molecule has 0 unspecified atom stereocenters. The summed E-state index contributed by atoms with van der Waals surface area (Å²) in [5.41, 5.74) is -0.310. The molecule has 0 aliphatic heterocycles. The summed E-state index contributed by atoms with van der Waals surface area (Å²) in [5, 5.41) is 8.64. The van der Waals surface area contributed by atoms with Gasteiger partial charge >= 0.3 is 0 Å². The second-order valence-electron chi connectivity index (χ2n) is 6.50. The van der Waals surface area contributed by atoms with Crippen LogP contribution in [0.5, 0.6) is 0 Å².